The van der Waals surface area contributed by atoms with E-state index in [1.165, 1.54) is 0 Å². The van der Waals surface area contributed by atoms with Gasteiger partial charge in [-0.15, -0.1) is 0 Å². The van der Waals surface area contributed by atoms with Crippen LogP contribution in [0, 0.1) is 0 Å². The highest BCUT2D eigenvalue weighted by molar-refractivity contribution is 5.87. The Kier molecular flexibility index (Phi) is 8.74. The summed E-state index contributed by atoms with van der Waals surface area (Å²) >= 11 is 0. The molecule has 0 unspecified atom stereocenters. The molecule has 17 heavy (non-hydrogen) atoms. The first kappa shape index (κ1) is 15.4. The third-order valence-electron chi connectivity index (χ3n) is 2.03. The molecule has 0 atom stereocenters. The Bertz CT molecular complexity index is 292. The van der Waals surface area contributed by atoms with Gasteiger partial charge in [0.15, 0.2) is 0 Å². The topological polar surface area (TPSA) is 52.6 Å². The van der Waals surface area contributed by atoms with Gasteiger partial charge in [-0.3, -0.25) is 0 Å². The van der Waals surface area contributed by atoms with E-state index in [1.807, 2.05) is 6.92 Å². The van der Waals surface area contributed by atoms with Crippen molar-refractivity contribution in [2.45, 2.75) is 33.1 Å². The van der Waals surface area contributed by atoms with Crippen molar-refractivity contribution in [3.8, 4) is 0 Å². The number of esters is 2. The van der Waals surface area contributed by atoms with E-state index in [1.54, 1.807) is 13.0 Å². The second kappa shape index (κ2) is 9.63. The number of rotatable bonds is 8. The molecule has 0 saturated carbocycles. The highest BCUT2D eigenvalue weighted by atomic mass is 16.5. The summed E-state index contributed by atoms with van der Waals surface area (Å²) in [5.41, 5.74) is 0.538. The lowest BCUT2D eigenvalue weighted by molar-refractivity contribution is -0.139. The zero-order chi connectivity index (χ0) is 13.1. The molecule has 0 bridgehead atoms. The third kappa shape index (κ3) is 8.25. The minimum Gasteiger partial charge on any atom is -0.462 e. The fraction of sp³-hybridized carbons (Fsp3) is 0.538. The van der Waals surface area contributed by atoms with E-state index in [0.717, 1.165) is 18.9 Å². The number of carbonyl (C=O) groups excluding carboxylic acids is 2. The average Bonchev–Trinajstić information content (AvgIpc) is 2.34. The normalized spacial score (nSPS) is 10.8. The molecule has 0 saturated heterocycles. The van der Waals surface area contributed by atoms with Gasteiger partial charge in [0, 0.05) is 18.1 Å². The average molecular weight is 240 g/mol. The molecule has 0 aliphatic carbocycles. The molecule has 0 fully saturated rings. The van der Waals surface area contributed by atoms with Crippen LogP contribution in [-0.4, -0.2) is 25.2 Å². The third-order valence-corrected chi connectivity index (χ3v) is 2.03. The molecule has 96 valence electrons. The molecule has 0 aromatic heterocycles. The van der Waals surface area contributed by atoms with Crippen LogP contribution in [-0.2, 0) is 19.1 Å². The van der Waals surface area contributed by atoms with Crippen molar-refractivity contribution < 1.29 is 19.1 Å². The predicted molar refractivity (Wildman–Crippen MR) is 65.4 cm³/mol. The van der Waals surface area contributed by atoms with E-state index in [4.69, 9.17) is 9.47 Å². The summed E-state index contributed by atoms with van der Waals surface area (Å²) in [6.45, 7) is 7.69. The van der Waals surface area contributed by atoms with E-state index >= 15 is 0 Å². The lowest BCUT2D eigenvalue weighted by atomic mass is 10.2. The van der Waals surface area contributed by atoms with Crippen LogP contribution in [0.4, 0.5) is 0 Å². The number of hydrogen-bond donors (Lipinski definition) is 0. The van der Waals surface area contributed by atoms with Crippen molar-refractivity contribution in [2.75, 3.05) is 13.2 Å². The minimum absolute atomic E-state index is 0.241. The predicted octanol–water partition coefficient (Wildman–Crippen LogP) is 2.40. The fourth-order valence-electron chi connectivity index (χ4n) is 1.00. The summed E-state index contributed by atoms with van der Waals surface area (Å²) in [5.74, 6) is -0.768. The molecule has 0 amide bonds. The summed E-state index contributed by atoms with van der Waals surface area (Å²) in [5, 5.41) is 0. The van der Waals surface area contributed by atoms with Gasteiger partial charge in [-0.1, -0.05) is 26.0 Å². The monoisotopic (exact) mass is 240 g/mol. The van der Waals surface area contributed by atoms with Gasteiger partial charge in [-0.05, 0) is 13.3 Å². The summed E-state index contributed by atoms with van der Waals surface area (Å²) in [6, 6.07) is 0. The molecule has 0 radical (unpaired) electrons. The van der Waals surface area contributed by atoms with Crippen LogP contribution in [0.15, 0.2) is 24.3 Å². The molecule has 0 rings (SSSR count). The zero-order valence-electron chi connectivity index (χ0n) is 10.5. The van der Waals surface area contributed by atoms with Crippen molar-refractivity contribution in [3.63, 3.8) is 0 Å². The van der Waals surface area contributed by atoms with Gasteiger partial charge in [0.1, 0.15) is 0 Å². The minimum atomic E-state index is -0.457. The standard InChI is InChI=1S/C13H20O4/c1-4-6-9-17-13(15)11(3)8-7-10-16-12(14)5-2/h5,8H,2,4,6-7,9-10H2,1,3H3. The second-order valence-electron chi connectivity index (χ2n) is 3.54. The quantitative estimate of drug-likeness (QED) is 0.371. The van der Waals surface area contributed by atoms with Crippen LogP contribution in [0.25, 0.3) is 0 Å². The van der Waals surface area contributed by atoms with Gasteiger partial charge < -0.3 is 9.47 Å². The zero-order valence-corrected chi connectivity index (χ0v) is 10.5. The SMILES string of the molecule is C=CC(=O)OCCC=C(C)C(=O)OCCCC. The number of unbranched alkanes of at least 4 members (excludes halogenated alkanes) is 1. The first-order valence-corrected chi connectivity index (χ1v) is 5.74. The van der Waals surface area contributed by atoms with Gasteiger partial charge >= 0.3 is 11.9 Å². The van der Waals surface area contributed by atoms with E-state index < -0.39 is 5.97 Å². The molecule has 0 spiro atoms. The molecule has 0 aliphatic rings. The Hall–Kier alpha value is -1.58. The van der Waals surface area contributed by atoms with E-state index in [0.29, 0.717) is 18.6 Å². The molecule has 4 nitrogen and oxygen atoms in total. The summed E-state index contributed by atoms with van der Waals surface area (Å²) in [6.07, 6.45) is 5.16. The molecule has 0 aromatic carbocycles. The van der Waals surface area contributed by atoms with Gasteiger partial charge in [0.05, 0.1) is 13.2 Å². The largest absolute Gasteiger partial charge is 0.462 e. The van der Waals surface area contributed by atoms with E-state index in [9.17, 15) is 9.59 Å². The molecule has 0 aromatic rings. The van der Waals surface area contributed by atoms with E-state index in [2.05, 4.69) is 6.58 Å². The van der Waals surface area contributed by atoms with Crippen molar-refractivity contribution in [1.82, 2.24) is 0 Å². The van der Waals surface area contributed by atoms with Gasteiger partial charge in [-0.2, -0.15) is 0 Å². The molecular formula is C13H20O4. The maximum Gasteiger partial charge on any atom is 0.333 e. The maximum atomic E-state index is 11.4. The van der Waals surface area contributed by atoms with Crippen LogP contribution < -0.4 is 0 Å². The van der Waals surface area contributed by atoms with Crippen molar-refractivity contribution in [2.24, 2.45) is 0 Å². The second-order valence-corrected chi connectivity index (χ2v) is 3.54. The van der Waals surface area contributed by atoms with Crippen LogP contribution in [0.2, 0.25) is 0 Å². The highest BCUT2D eigenvalue weighted by Crippen LogP contribution is 2.01. The lowest BCUT2D eigenvalue weighted by Gasteiger charge is -2.04. The van der Waals surface area contributed by atoms with Crippen molar-refractivity contribution in [1.29, 1.82) is 0 Å². The van der Waals surface area contributed by atoms with Gasteiger partial charge in [0.2, 0.25) is 0 Å². The van der Waals surface area contributed by atoms with Gasteiger partial charge in [0.25, 0.3) is 0 Å². The van der Waals surface area contributed by atoms with Crippen molar-refractivity contribution >= 4 is 11.9 Å². The Labute approximate surface area is 102 Å². The van der Waals surface area contributed by atoms with Crippen LogP contribution in [0.5, 0.6) is 0 Å². The molecular weight excluding hydrogens is 220 g/mol. The first-order valence-electron chi connectivity index (χ1n) is 5.74. The fourth-order valence-corrected chi connectivity index (χ4v) is 1.00. The molecule has 0 aliphatic heterocycles. The Morgan fingerprint density at radius 3 is 2.53 bits per heavy atom. The Morgan fingerprint density at radius 1 is 1.24 bits per heavy atom. The van der Waals surface area contributed by atoms with E-state index in [-0.39, 0.29) is 12.6 Å². The summed E-state index contributed by atoms with van der Waals surface area (Å²) < 4.78 is 9.78. The van der Waals surface area contributed by atoms with Crippen LogP contribution in [0.1, 0.15) is 33.1 Å². The lowest BCUT2D eigenvalue weighted by Crippen LogP contribution is -2.07. The first-order chi connectivity index (χ1) is 8.11. The van der Waals surface area contributed by atoms with Crippen molar-refractivity contribution in [3.05, 3.63) is 24.3 Å². The highest BCUT2D eigenvalue weighted by Gasteiger charge is 2.04. The maximum absolute atomic E-state index is 11.4. The number of hydrogen-bond acceptors (Lipinski definition) is 4. The van der Waals surface area contributed by atoms with Crippen LogP contribution in [0.3, 0.4) is 0 Å². The smallest absolute Gasteiger partial charge is 0.333 e. The van der Waals surface area contributed by atoms with Gasteiger partial charge in [-0.25, -0.2) is 9.59 Å². The van der Waals surface area contributed by atoms with Crippen LogP contribution >= 0.6 is 0 Å². The summed E-state index contributed by atoms with van der Waals surface area (Å²) in [7, 11) is 0. The molecule has 0 heterocycles. The molecule has 4 heteroatoms. The Morgan fingerprint density at radius 2 is 1.94 bits per heavy atom. The Balaban J connectivity index is 3.79. The summed E-state index contributed by atoms with van der Waals surface area (Å²) in [4.78, 5) is 22.1. The number of carbonyl (C=O) groups is 2. The number of ether oxygens (including phenoxy) is 2. The molecule has 0 N–H and O–H groups in total.